The number of rotatable bonds is 4. The lowest BCUT2D eigenvalue weighted by Gasteiger charge is -2.03. The molecule has 18 heavy (non-hydrogen) atoms. The van der Waals surface area contributed by atoms with Gasteiger partial charge in [-0.2, -0.15) is 0 Å². The van der Waals surface area contributed by atoms with Gasteiger partial charge in [0.1, 0.15) is 5.82 Å². The summed E-state index contributed by atoms with van der Waals surface area (Å²) in [4.78, 5) is 10.9. The molecule has 0 unspecified atom stereocenters. The molecule has 0 spiro atoms. The molecule has 0 aliphatic rings. The number of benzene rings is 2. The van der Waals surface area contributed by atoms with E-state index < -0.39 is 5.91 Å². The van der Waals surface area contributed by atoms with Crippen LogP contribution in [0.2, 0.25) is 0 Å². The van der Waals surface area contributed by atoms with Crippen LogP contribution in [0.25, 0.3) is 0 Å². The number of halogens is 1. The molecular formula is C15H14FNO. The van der Waals surface area contributed by atoms with Crippen LogP contribution in [0.4, 0.5) is 4.39 Å². The highest BCUT2D eigenvalue weighted by atomic mass is 19.1. The first-order valence-corrected chi connectivity index (χ1v) is 5.78. The van der Waals surface area contributed by atoms with Crippen LogP contribution in [0.1, 0.15) is 21.5 Å². The monoisotopic (exact) mass is 243 g/mol. The average Bonchev–Trinajstić information content (AvgIpc) is 2.38. The van der Waals surface area contributed by atoms with Gasteiger partial charge in [-0.3, -0.25) is 4.79 Å². The SMILES string of the molecule is NC(=O)c1ccc(CCc2ccc(F)cc2)cc1. The van der Waals surface area contributed by atoms with Crippen LogP contribution in [0.15, 0.2) is 48.5 Å². The fourth-order valence-corrected chi connectivity index (χ4v) is 1.78. The molecule has 2 aromatic carbocycles. The minimum absolute atomic E-state index is 0.218. The van der Waals surface area contributed by atoms with Gasteiger partial charge in [0.15, 0.2) is 0 Å². The van der Waals surface area contributed by atoms with E-state index in [2.05, 4.69) is 0 Å². The molecule has 2 nitrogen and oxygen atoms in total. The quantitative estimate of drug-likeness (QED) is 0.881. The van der Waals surface area contributed by atoms with Crippen LogP contribution in [0, 0.1) is 5.82 Å². The van der Waals surface area contributed by atoms with Crippen molar-refractivity contribution in [3.8, 4) is 0 Å². The number of aryl methyl sites for hydroxylation is 2. The fourth-order valence-electron chi connectivity index (χ4n) is 1.78. The van der Waals surface area contributed by atoms with Crippen molar-refractivity contribution in [2.24, 2.45) is 5.73 Å². The molecule has 0 aromatic heterocycles. The molecule has 0 saturated carbocycles. The zero-order valence-corrected chi connectivity index (χ0v) is 9.90. The van der Waals surface area contributed by atoms with Crippen molar-refractivity contribution in [2.45, 2.75) is 12.8 Å². The molecule has 0 bridgehead atoms. The maximum absolute atomic E-state index is 12.7. The van der Waals surface area contributed by atoms with Crippen molar-refractivity contribution >= 4 is 5.91 Å². The summed E-state index contributed by atoms with van der Waals surface area (Å²) >= 11 is 0. The molecule has 2 N–H and O–H groups in total. The molecule has 0 aliphatic heterocycles. The molecule has 2 aromatic rings. The molecule has 3 heteroatoms. The summed E-state index contributed by atoms with van der Waals surface area (Å²) in [6.07, 6.45) is 1.70. The number of carbonyl (C=O) groups excluding carboxylic acids is 1. The van der Waals surface area contributed by atoms with E-state index >= 15 is 0 Å². The first-order chi connectivity index (χ1) is 8.65. The highest BCUT2D eigenvalue weighted by molar-refractivity contribution is 5.92. The van der Waals surface area contributed by atoms with E-state index in [0.29, 0.717) is 5.56 Å². The normalized spacial score (nSPS) is 10.3. The second-order valence-corrected chi connectivity index (χ2v) is 4.19. The predicted octanol–water partition coefficient (Wildman–Crippen LogP) is 2.71. The van der Waals surface area contributed by atoms with Crippen LogP contribution in [0.3, 0.4) is 0 Å². The Balaban J connectivity index is 1.97. The standard InChI is InChI=1S/C15H14FNO/c16-14-9-5-12(6-10-14)2-1-11-3-7-13(8-4-11)15(17)18/h3-10H,1-2H2,(H2,17,18). The Morgan fingerprint density at radius 3 is 1.78 bits per heavy atom. The van der Waals surface area contributed by atoms with Gasteiger partial charge >= 0.3 is 0 Å². The topological polar surface area (TPSA) is 43.1 Å². The smallest absolute Gasteiger partial charge is 0.248 e. The molecule has 2 rings (SSSR count). The Bertz CT molecular complexity index is 531. The van der Waals surface area contributed by atoms with Gasteiger partial charge in [0.25, 0.3) is 0 Å². The molecule has 92 valence electrons. The van der Waals surface area contributed by atoms with Crippen LogP contribution < -0.4 is 5.73 Å². The number of primary amides is 1. The summed E-state index contributed by atoms with van der Waals surface area (Å²) in [5, 5.41) is 0. The Morgan fingerprint density at radius 1 is 0.889 bits per heavy atom. The van der Waals surface area contributed by atoms with Crippen molar-refractivity contribution in [1.29, 1.82) is 0 Å². The van der Waals surface area contributed by atoms with Crippen molar-refractivity contribution in [3.05, 3.63) is 71.0 Å². The van der Waals surface area contributed by atoms with Gasteiger partial charge in [-0.1, -0.05) is 24.3 Å². The molecule has 0 heterocycles. The zero-order chi connectivity index (χ0) is 13.0. The summed E-state index contributed by atoms with van der Waals surface area (Å²) in [6.45, 7) is 0. The average molecular weight is 243 g/mol. The second kappa shape index (κ2) is 5.45. The van der Waals surface area contributed by atoms with Crippen molar-refractivity contribution < 1.29 is 9.18 Å². The van der Waals surface area contributed by atoms with Gasteiger partial charge in [-0.05, 0) is 48.2 Å². The number of amides is 1. The molecule has 0 radical (unpaired) electrons. The van der Waals surface area contributed by atoms with Gasteiger partial charge in [-0.15, -0.1) is 0 Å². The van der Waals surface area contributed by atoms with Gasteiger partial charge in [0.2, 0.25) is 5.91 Å². The molecule has 0 fully saturated rings. The molecule has 1 amide bonds. The van der Waals surface area contributed by atoms with Crippen LogP contribution in [0.5, 0.6) is 0 Å². The lowest BCUT2D eigenvalue weighted by molar-refractivity contribution is 0.100. The van der Waals surface area contributed by atoms with E-state index in [-0.39, 0.29) is 5.82 Å². The minimum atomic E-state index is -0.417. The first kappa shape index (κ1) is 12.3. The molecule has 0 aliphatic carbocycles. The van der Waals surface area contributed by atoms with Crippen LogP contribution >= 0.6 is 0 Å². The third-order valence-electron chi connectivity index (χ3n) is 2.85. The molecule has 0 saturated heterocycles. The van der Waals surface area contributed by atoms with Gasteiger partial charge in [0, 0.05) is 5.56 Å². The lowest BCUT2D eigenvalue weighted by Crippen LogP contribution is -2.10. The second-order valence-electron chi connectivity index (χ2n) is 4.19. The largest absolute Gasteiger partial charge is 0.366 e. The summed E-state index contributed by atoms with van der Waals surface area (Å²) in [7, 11) is 0. The maximum Gasteiger partial charge on any atom is 0.248 e. The van der Waals surface area contributed by atoms with E-state index in [0.717, 1.165) is 24.0 Å². The molecular weight excluding hydrogens is 229 g/mol. The third-order valence-corrected chi connectivity index (χ3v) is 2.85. The Hall–Kier alpha value is -2.16. The van der Waals surface area contributed by atoms with Crippen molar-refractivity contribution in [3.63, 3.8) is 0 Å². The Morgan fingerprint density at radius 2 is 1.33 bits per heavy atom. The van der Waals surface area contributed by atoms with E-state index in [9.17, 15) is 9.18 Å². The number of hydrogen-bond acceptors (Lipinski definition) is 1. The number of nitrogens with two attached hydrogens (primary N) is 1. The van der Waals surface area contributed by atoms with E-state index in [4.69, 9.17) is 5.73 Å². The highest BCUT2D eigenvalue weighted by Gasteiger charge is 2.00. The van der Waals surface area contributed by atoms with E-state index in [1.54, 1.807) is 24.3 Å². The van der Waals surface area contributed by atoms with Crippen molar-refractivity contribution in [2.75, 3.05) is 0 Å². The Kier molecular flexibility index (Phi) is 3.72. The summed E-state index contributed by atoms with van der Waals surface area (Å²) in [5.41, 5.74) is 7.90. The van der Waals surface area contributed by atoms with E-state index in [1.165, 1.54) is 12.1 Å². The maximum atomic E-state index is 12.7. The fraction of sp³-hybridized carbons (Fsp3) is 0.133. The third kappa shape index (κ3) is 3.17. The highest BCUT2D eigenvalue weighted by Crippen LogP contribution is 2.09. The minimum Gasteiger partial charge on any atom is -0.366 e. The lowest BCUT2D eigenvalue weighted by atomic mass is 10.0. The Labute approximate surface area is 105 Å². The van der Waals surface area contributed by atoms with Gasteiger partial charge in [-0.25, -0.2) is 4.39 Å². The predicted molar refractivity (Wildman–Crippen MR) is 68.8 cm³/mol. The summed E-state index contributed by atoms with van der Waals surface area (Å²) in [5.74, 6) is -0.635. The van der Waals surface area contributed by atoms with E-state index in [1.807, 2.05) is 12.1 Å². The van der Waals surface area contributed by atoms with Crippen LogP contribution in [-0.4, -0.2) is 5.91 Å². The van der Waals surface area contributed by atoms with Crippen molar-refractivity contribution in [1.82, 2.24) is 0 Å². The molecule has 0 atom stereocenters. The van der Waals surface area contributed by atoms with Gasteiger partial charge in [0.05, 0.1) is 0 Å². The van der Waals surface area contributed by atoms with Crippen LogP contribution in [-0.2, 0) is 12.8 Å². The zero-order valence-electron chi connectivity index (χ0n) is 9.90. The first-order valence-electron chi connectivity index (χ1n) is 5.78. The summed E-state index contributed by atoms with van der Waals surface area (Å²) in [6, 6.07) is 13.7. The number of hydrogen-bond donors (Lipinski definition) is 1. The van der Waals surface area contributed by atoms with Gasteiger partial charge < -0.3 is 5.73 Å². The number of carbonyl (C=O) groups is 1. The summed E-state index contributed by atoms with van der Waals surface area (Å²) < 4.78 is 12.7.